The van der Waals surface area contributed by atoms with E-state index in [0.717, 1.165) is 37.1 Å². The van der Waals surface area contributed by atoms with Crippen LogP contribution in [-0.2, 0) is 17.9 Å². The monoisotopic (exact) mass is 265 g/mol. The summed E-state index contributed by atoms with van der Waals surface area (Å²) in [6.07, 6.45) is 4.01. The maximum Gasteiger partial charge on any atom is 0.130 e. The van der Waals surface area contributed by atoms with E-state index in [2.05, 4.69) is 25.2 Å². The minimum atomic E-state index is 0.609. The molecule has 0 atom stereocenters. The van der Waals surface area contributed by atoms with Crippen LogP contribution in [0.2, 0.25) is 0 Å². The van der Waals surface area contributed by atoms with Crippen LogP contribution >= 0.6 is 0 Å². The van der Waals surface area contributed by atoms with Crippen LogP contribution < -0.4 is 5.32 Å². The van der Waals surface area contributed by atoms with Gasteiger partial charge in [-0.25, -0.2) is 0 Å². The molecule has 0 saturated heterocycles. The zero-order valence-electron chi connectivity index (χ0n) is 12.5. The Morgan fingerprint density at radius 2 is 2.21 bits per heavy atom. The van der Waals surface area contributed by atoms with Gasteiger partial charge in [0.05, 0.1) is 0 Å². The molecule has 1 aliphatic carbocycles. The summed E-state index contributed by atoms with van der Waals surface area (Å²) < 4.78 is 11.4. The lowest BCUT2D eigenvalue weighted by molar-refractivity contribution is 0.100. The van der Waals surface area contributed by atoms with E-state index in [9.17, 15) is 0 Å². The Morgan fingerprint density at radius 1 is 1.42 bits per heavy atom. The minimum absolute atomic E-state index is 0.609. The molecular weight excluding hydrogens is 238 g/mol. The number of hydrogen-bond acceptors (Lipinski definition) is 3. The van der Waals surface area contributed by atoms with Crippen molar-refractivity contribution in [3.05, 3.63) is 23.2 Å². The van der Waals surface area contributed by atoms with E-state index in [4.69, 9.17) is 9.15 Å². The Morgan fingerprint density at radius 3 is 2.89 bits per heavy atom. The Balaban J connectivity index is 1.68. The number of furan rings is 1. The Labute approximate surface area is 116 Å². The summed E-state index contributed by atoms with van der Waals surface area (Å²) in [6, 6.07) is 2.12. The molecule has 3 heteroatoms. The number of aryl methyl sites for hydroxylation is 1. The van der Waals surface area contributed by atoms with Crippen molar-refractivity contribution in [1.82, 2.24) is 5.32 Å². The van der Waals surface area contributed by atoms with Gasteiger partial charge in [-0.2, -0.15) is 0 Å². The lowest BCUT2D eigenvalue weighted by atomic mass is 10.2. The second kappa shape index (κ2) is 7.11. The lowest BCUT2D eigenvalue weighted by Crippen LogP contribution is -2.18. The summed E-state index contributed by atoms with van der Waals surface area (Å²) in [5.41, 5.74) is 1.25. The zero-order chi connectivity index (χ0) is 13.7. The van der Waals surface area contributed by atoms with Gasteiger partial charge in [-0.15, -0.1) is 0 Å². The second-order valence-electron chi connectivity index (χ2n) is 6.10. The quantitative estimate of drug-likeness (QED) is 0.692. The van der Waals surface area contributed by atoms with Gasteiger partial charge in [0.2, 0.25) is 0 Å². The minimum Gasteiger partial charge on any atom is -0.464 e. The maximum atomic E-state index is 5.73. The van der Waals surface area contributed by atoms with E-state index < -0.39 is 0 Å². The molecule has 1 N–H and O–H groups in total. The maximum absolute atomic E-state index is 5.73. The third-order valence-electron chi connectivity index (χ3n) is 3.55. The highest BCUT2D eigenvalue weighted by atomic mass is 16.5. The van der Waals surface area contributed by atoms with Gasteiger partial charge >= 0.3 is 0 Å². The SMILES string of the molecule is Cc1oc(COCCC2CC2)cc1CNCC(C)C. The molecule has 0 amide bonds. The van der Waals surface area contributed by atoms with Crippen LogP contribution in [0.3, 0.4) is 0 Å². The van der Waals surface area contributed by atoms with E-state index in [1.165, 1.54) is 24.8 Å². The van der Waals surface area contributed by atoms with Crippen LogP contribution in [0.4, 0.5) is 0 Å². The Hall–Kier alpha value is -0.800. The van der Waals surface area contributed by atoms with Crippen molar-refractivity contribution in [2.45, 2.75) is 53.2 Å². The molecule has 0 unspecified atom stereocenters. The topological polar surface area (TPSA) is 34.4 Å². The van der Waals surface area contributed by atoms with Crippen molar-refractivity contribution in [3.63, 3.8) is 0 Å². The standard InChI is InChI=1S/C16H27NO2/c1-12(2)9-17-10-15-8-16(19-13(15)3)11-18-7-6-14-4-5-14/h8,12,14,17H,4-7,9-11H2,1-3H3. The van der Waals surface area contributed by atoms with E-state index in [1.54, 1.807) is 0 Å². The van der Waals surface area contributed by atoms with E-state index in [1.807, 2.05) is 6.92 Å². The first-order chi connectivity index (χ1) is 9.15. The summed E-state index contributed by atoms with van der Waals surface area (Å²) in [6.45, 7) is 9.86. The molecule has 1 saturated carbocycles. The van der Waals surface area contributed by atoms with Crippen LogP contribution in [0.5, 0.6) is 0 Å². The van der Waals surface area contributed by atoms with Crippen LogP contribution in [-0.4, -0.2) is 13.2 Å². The molecule has 1 heterocycles. The Bertz CT molecular complexity index is 380. The highest BCUT2D eigenvalue weighted by Gasteiger charge is 2.20. The average Bonchev–Trinajstić information content (AvgIpc) is 3.10. The van der Waals surface area contributed by atoms with Crippen molar-refractivity contribution in [2.24, 2.45) is 11.8 Å². The fourth-order valence-corrected chi connectivity index (χ4v) is 2.16. The van der Waals surface area contributed by atoms with Gasteiger partial charge in [0, 0.05) is 18.7 Å². The number of nitrogens with one attached hydrogen (secondary N) is 1. The molecular formula is C16H27NO2. The highest BCUT2D eigenvalue weighted by Crippen LogP contribution is 2.32. The predicted octanol–water partition coefficient (Wildman–Crippen LogP) is 3.65. The van der Waals surface area contributed by atoms with Gasteiger partial charge in [-0.1, -0.05) is 26.7 Å². The van der Waals surface area contributed by atoms with Gasteiger partial charge in [0.25, 0.3) is 0 Å². The summed E-state index contributed by atoms with van der Waals surface area (Å²) >= 11 is 0. The fraction of sp³-hybridized carbons (Fsp3) is 0.750. The third kappa shape index (κ3) is 5.37. The highest BCUT2D eigenvalue weighted by molar-refractivity contribution is 5.20. The predicted molar refractivity (Wildman–Crippen MR) is 77.0 cm³/mol. The Kier molecular flexibility index (Phi) is 5.46. The largest absolute Gasteiger partial charge is 0.464 e. The summed E-state index contributed by atoms with van der Waals surface area (Å²) in [5.74, 6) is 3.58. The first-order valence-electron chi connectivity index (χ1n) is 7.51. The molecule has 1 aromatic heterocycles. The van der Waals surface area contributed by atoms with Crippen LogP contribution in [0, 0.1) is 18.8 Å². The molecule has 0 aliphatic heterocycles. The molecule has 19 heavy (non-hydrogen) atoms. The summed E-state index contributed by atoms with van der Waals surface area (Å²) in [4.78, 5) is 0. The summed E-state index contributed by atoms with van der Waals surface area (Å²) in [7, 11) is 0. The van der Waals surface area contributed by atoms with Gasteiger partial charge in [0.15, 0.2) is 0 Å². The van der Waals surface area contributed by atoms with Crippen molar-refractivity contribution >= 4 is 0 Å². The zero-order valence-corrected chi connectivity index (χ0v) is 12.5. The molecule has 2 rings (SSSR count). The van der Waals surface area contributed by atoms with Crippen molar-refractivity contribution < 1.29 is 9.15 Å². The van der Waals surface area contributed by atoms with Gasteiger partial charge in [0.1, 0.15) is 18.1 Å². The molecule has 0 radical (unpaired) electrons. The second-order valence-corrected chi connectivity index (χ2v) is 6.10. The lowest BCUT2D eigenvalue weighted by Gasteiger charge is -2.05. The van der Waals surface area contributed by atoms with E-state index >= 15 is 0 Å². The number of hydrogen-bond donors (Lipinski definition) is 1. The molecule has 108 valence electrons. The molecule has 3 nitrogen and oxygen atoms in total. The first-order valence-corrected chi connectivity index (χ1v) is 7.51. The van der Waals surface area contributed by atoms with E-state index in [0.29, 0.717) is 12.5 Å². The van der Waals surface area contributed by atoms with Crippen LogP contribution in [0.15, 0.2) is 10.5 Å². The molecule has 1 aromatic rings. The molecule has 1 fully saturated rings. The van der Waals surface area contributed by atoms with Crippen molar-refractivity contribution in [3.8, 4) is 0 Å². The van der Waals surface area contributed by atoms with E-state index in [-0.39, 0.29) is 0 Å². The third-order valence-corrected chi connectivity index (χ3v) is 3.55. The molecule has 0 aromatic carbocycles. The fourth-order valence-electron chi connectivity index (χ4n) is 2.16. The first kappa shape index (κ1) is 14.6. The normalized spacial score (nSPS) is 15.4. The molecule has 0 bridgehead atoms. The van der Waals surface area contributed by atoms with Gasteiger partial charge in [-0.05, 0) is 37.8 Å². The van der Waals surface area contributed by atoms with Crippen molar-refractivity contribution in [1.29, 1.82) is 0 Å². The smallest absolute Gasteiger partial charge is 0.130 e. The number of ether oxygens (including phenoxy) is 1. The van der Waals surface area contributed by atoms with Gasteiger partial charge < -0.3 is 14.5 Å². The summed E-state index contributed by atoms with van der Waals surface area (Å²) in [5, 5.41) is 3.44. The molecule has 0 spiro atoms. The molecule has 1 aliphatic rings. The van der Waals surface area contributed by atoms with Crippen LogP contribution in [0.1, 0.15) is 50.2 Å². The van der Waals surface area contributed by atoms with Crippen LogP contribution in [0.25, 0.3) is 0 Å². The number of rotatable bonds is 9. The van der Waals surface area contributed by atoms with Gasteiger partial charge in [-0.3, -0.25) is 0 Å². The van der Waals surface area contributed by atoms with Crippen molar-refractivity contribution in [2.75, 3.05) is 13.2 Å². The average molecular weight is 265 g/mol.